The van der Waals surface area contributed by atoms with E-state index in [9.17, 15) is 13.2 Å². The Morgan fingerprint density at radius 1 is 1.63 bits per heavy atom. The number of sulfonamides is 1. The van der Waals surface area contributed by atoms with Gasteiger partial charge in [-0.1, -0.05) is 0 Å². The molecular formula is C10H16N4O4S. The first-order chi connectivity index (χ1) is 8.72. The molecule has 0 aromatic carbocycles. The first kappa shape index (κ1) is 14.0. The van der Waals surface area contributed by atoms with Crippen LogP contribution in [-0.4, -0.2) is 36.3 Å². The highest BCUT2D eigenvalue weighted by molar-refractivity contribution is 7.89. The summed E-state index contributed by atoms with van der Waals surface area (Å²) >= 11 is 0. The number of ether oxygens (including phenoxy) is 1. The summed E-state index contributed by atoms with van der Waals surface area (Å²) in [5, 5.41) is 11.4. The highest BCUT2D eigenvalue weighted by Crippen LogP contribution is 2.27. The summed E-state index contributed by atoms with van der Waals surface area (Å²) in [6.07, 6.45) is 2.60. The highest BCUT2D eigenvalue weighted by atomic mass is 32.2. The number of aryl methyl sites for hydroxylation is 1. The van der Waals surface area contributed by atoms with E-state index in [0.717, 1.165) is 6.42 Å². The van der Waals surface area contributed by atoms with E-state index in [1.807, 2.05) is 0 Å². The second-order valence-corrected chi connectivity index (χ2v) is 6.23. The molecule has 8 nitrogen and oxygen atoms in total. The van der Waals surface area contributed by atoms with Crippen molar-refractivity contribution in [3.8, 4) is 0 Å². The Morgan fingerprint density at radius 3 is 2.84 bits per heavy atom. The number of rotatable bonds is 3. The molecule has 1 saturated heterocycles. The van der Waals surface area contributed by atoms with Crippen LogP contribution in [0.15, 0.2) is 11.1 Å². The minimum Gasteiger partial charge on any atom is -0.365 e. The molecule has 0 aliphatic carbocycles. The fourth-order valence-electron chi connectivity index (χ4n) is 1.96. The molecule has 0 bridgehead atoms. The number of carbonyl (C=O) groups excluding carboxylic acids is 1. The molecule has 3 N–H and O–H groups in total. The average Bonchev–Trinajstić information content (AvgIpc) is 2.85. The summed E-state index contributed by atoms with van der Waals surface area (Å²) in [6.45, 7) is 2.17. The number of anilines is 1. The second-order valence-electron chi connectivity index (χ2n) is 4.70. The van der Waals surface area contributed by atoms with Crippen molar-refractivity contribution in [2.45, 2.75) is 30.3 Å². The molecule has 19 heavy (non-hydrogen) atoms. The number of nitrogens with two attached hydrogens (primary N) is 1. The van der Waals surface area contributed by atoms with Crippen molar-refractivity contribution in [1.82, 2.24) is 9.78 Å². The molecule has 1 unspecified atom stereocenters. The van der Waals surface area contributed by atoms with Crippen LogP contribution in [0, 0.1) is 0 Å². The first-order valence-electron chi connectivity index (χ1n) is 5.74. The zero-order valence-electron chi connectivity index (χ0n) is 10.7. The molecule has 1 aromatic rings. The van der Waals surface area contributed by atoms with Gasteiger partial charge in [-0.3, -0.25) is 9.48 Å². The average molecular weight is 288 g/mol. The minimum absolute atomic E-state index is 0.0771. The Kier molecular flexibility index (Phi) is 3.37. The molecule has 0 spiro atoms. The Hall–Kier alpha value is -1.45. The predicted octanol–water partition coefficient (Wildman–Crippen LogP) is -0.425. The van der Waals surface area contributed by atoms with Crippen LogP contribution >= 0.6 is 0 Å². The van der Waals surface area contributed by atoms with E-state index in [0.29, 0.717) is 13.0 Å². The van der Waals surface area contributed by atoms with Crippen LogP contribution in [0.25, 0.3) is 0 Å². The number of primary sulfonamides is 1. The standard InChI is InChI=1S/C10H16N4O4S/c1-10(4-3-5-18-10)9(15)12-8-7(19(11,16)17)6-14(2)13-8/h6H,3-5H2,1-2H3,(H2,11,16,17)(H,12,13,15). The van der Waals surface area contributed by atoms with Gasteiger partial charge in [-0.15, -0.1) is 0 Å². The number of hydrogen-bond donors (Lipinski definition) is 2. The smallest absolute Gasteiger partial charge is 0.257 e. The maximum Gasteiger partial charge on any atom is 0.257 e. The van der Waals surface area contributed by atoms with Gasteiger partial charge in [-0.05, 0) is 19.8 Å². The minimum atomic E-state index is -3.94. The molecule has 0 saturated carbocycles. The first-order valence-corrected chi connectivity index (χ1v) is 7.29. The molecule has 1 aliphatic heterocycles. The SMILES string of the molecule is Cn1cc(S(N)(=O)=O)c(NC(=O)C2(C)CCCO2)n1. The van der Waals surface area contributed by atoms with Gasteiger partial charge in [-0.2, -0.15) is 5.10 Å². The number of hydrogen-bond acceptors (Lipinski definition) is 5. The topological polar surface area (TPSA) is 116 Å². The third-order valence-electron chi connectivity index (χ3n) is 3.03. The molecule has 2 rings (SSSR count). The van der Waals surface area contributed by atoms with E-state index >= 15 is 0 Å². The van der Waals surface area contributed by atoms with Crippen LogP contribution in [-0.2, 0) is 26.6 Å². The highest BCUT2D eigenvalue weighted by Gasteiger charge is 2.38. The molecule has 0 radical (unpaired) electrons. The van der Waals surface area contributed by atoms with Crippen LogP contribution in [0.5, 0.6) is 0 Å². The van der Waals surface area contributed by atoms with Crippen LogP contribution in [0.4, 0.5) is 5.82 Å². The van der Waals surface area contributed by atoms with Gasteiger partial charge in [0.15, 0.2) is 5.82 Å². The van der Waals surface area contributed by atoms with E-state index in [-0.39, 0.29) is 10.7 Å². The summed E-state index contributed by atoms with van der Waals surface area (Å²) in [5.41, 5.74) is -0.951. The zero-order valence-corrected chi connectivity index (χ0v) is 11.5. The fraction of sp³-hybridized carbons (Fsp3) is 0.600. The molecule has 1 fully saturated rings. The van der Waals surface area contributed by atoms with Gasteiger partial charge in [0.2, 0.25) is 10.0 Å². The van der Waals surface area contributed by atoms with Gasteiger partial charge in [0.05, 0.1) is 0 Å². The molecule has 106 valence electrons. The number of nitrogens with zero attached hydrogens (tertiary/aromatic N) is 2. The zero-order chi connectivity index (χ0) is 14.3. The van der Waals surface area contributed by atoms with Crippen molar-refractivity contribution < 1.29 is 17.9 Å². The van der Waals surface area contributed by atoms with E-state index < -0.39 is 21.5 Å². The van der Waals surface area contributed by atoms with Crippen molar-refractivity contribution in [2.75, 3.05) is 11.9 Å². The van der Waals surface area contributed by atoms with Gasteiger partial charge >= 0.3 is 0 Å². The Bertz CT molecular complexity index is 601. The summed E-state index contributed by atoms with van der Waals surface area (Å²) in [6, 6.07) is 0. The predicted molar refractivity (Wildman–Crippen MR) is 66.8 cm³/mol. The van der Waals surface area contributed by atoms with Gasteiger partial charge < -0.3 is 10.1 Å². The number of amides is 1. The molecule has 2 heterocycles. The Morgan fingerprint density at radius 2 is 2.32 bits per heavy atom. The van der Waals surface area contributed by atoms with Crippen molar-refractivity contribution >= 4 is 21.7 Å². The lowest BCUT2D eigenvalue weighted by molar-refractivity contribution is -0.133. The summed E-state index contributed by atoms with van der Waals surface area (Å²) in [7, 11) is -2.40. The van der Waals surface area contributed by atoms with Gasteiger partial charge in [0, 0.05) is 19.9 Å². The van der Waals surface area contributed by atoms with E-state index in [1.54, 1.807) is 6.92 Å². The molecule has 1 amide bonds. The summed E-state index contributed by atoms with van der Waals surface area (Å²) < 4.78 is 29.4. The monoisotopic (exact) mass is 288 g/mol. The van der Waals surface area contributed by atoms with Crippen LogP contribution in [0.3, 0.4) is 0 Å². The van der Waals surface area contributed by atoms with Crippen LogP contribution < -0.4 is 10.5 Å². The van der Waals surface area contributed by atoms with Gasteiger partial charge in [-0.25, -0.2) is 13.6 Å². The lowest BCUT2D eigenvalue weighted by atomic mass is 10.0. The Balaban J connectivity index is 2.27. The van der Waals surface area contributed by atoms with E-state index in [4.69, 9.17) is 9.88 Å². The van der Waals surface area contributed by atoms with Crippen LogP contribution in [0.2, 0.25) is 0 Å². The fourth-order valence-corrected chi connectivity index (χ4v) is 2.62. The van der Waals surface area contributed by atoms with E-state index in [2.05, 4.69) is 10.4 Å². The van der Waals surface area contributed by atoms with Gasteiger partial charge in [0.25, 0.3) is 5.91 Å². The lowest BCUT2D eigenvalue weighted by Crippen LogP contribution is -2.39. The molecule has 9 heteroatoms. The quantitative estimate of drug-likeness (QED) is 0.783. The maximum atomic E-state index is 12.1. The number of nitrogens with one attached hydrogen (secondary N) is 1. The van der Waals surface area contributed by atoms with Gasteiger partial charge in [0.1, 0.15) is 10.5 Å². The normalized spacial score (nSPS) is 23.5. The Labute approximate surface area is 111 Å². The lowest BCUT2D eigenvalue weighted by Gasteiger charge is -2.21. The second kappa shape index (κ2) is 4.58. The number of aromatic nitrogens is 2. The summed E-state index contributed by atoms with van der Waals surface area (Å²) in [5.74, 6) is -0.500. The molecule has 1 aromatic heterocycles. The third kappa shape index (κ3) is 2.77. The molecule has 1 atom stereocenters. The number of carbonyl (C=O) groups is 1. The largest absolute Gasteiger partial charge is 0.365 e. The van der Waals surface area contributed by atoms with Crippen molar-refractivity contribution in [3.05, 3.63) is 6.20 Å². The maximum absolute atomic E-state index is 12.1. The van der Waals surface area contributed by atoms with E-state index in [1.165, 1.54) is 17.9 Å². The van der Waals surface area contributed by atoms with Crippen molar-refractivity contribution in [1.29, 1.82) is 0 Å². The van der Waals surface area contributed by atoms with Crippen molar-refractivity contribution in [2.24, 2.45) is 12.2 Å². The third-order valence-corrected chi connectivity index (χ3v) is 3.94. The van der Waals surface area contributed by atoms with Crippen LogP contribution in [0.1, 0.15) is 19.8 Å². The van der Waals surface area contributed by atoms with Crippen molar-refractivity contribution in [3.63, 3.8) is 0 Å². The molecular weight excluding hydrogens is 272 g/mol. The molecule has 1 aliphatic rings. The summed E-state index contributed by atoms with van der Waals surface area (Å²) in [4.78, 5) is 11.9.